The van der Waals surface area contributed by atoms with Crippen molar-refractivity contribution in [2.45, 2.75) is 11.3 Å². The molecule has 0 atom stereocenters. The molecule has 1 N–H and O–H groups in total. The molecule has 1 amide bonds. The summed E-state index contributed by atoms with van der Waals surface area (Å²) in [4.78, 5) is 13.4. The molecule has 142 valence electrons. The molecule has 0 saturated carbocycles. The van der Waals surface area contributed by atoms with Gasteiger partial charge in [0.1, 0.15) is 0 Å². The highest BCUT2D eigenvalue weighted by atomic mass is 32.2. The van der Waals surface area contributed by atoms with E-state index in [0.29, 0.717) is 17.1 Å². The van der Waals surface area contributed by atoms with Crippen LogP contribution in [0.25, 0.3) is 22.6 Å². The Hall–Kier alpha value is -3.26. The van der Waals surface area contributed by atoms with Crippen molar-refractivity contribution < 1.29 is 18.4 Å². The Morgan fingerprint density at radius 2 is 1.96 bits per heavy atom. The normalized spacial score (nSPS) is 10.9. The second-order valence-electron chi connectivity index (χ2n) is 5.97. The molecule has 0 fully saturated rings. The molecule has 7 nitrogen and oxygen atoms in total. The first-order chi connectivity index (χ1) is 13.7. The number of carbonyl (C=O) groups is 1. The van der Waals surface area contributed by atoms with Gasteiger partial charge in [-0.05, 0) is 36.1 Å². The van der Waals surface area contributed by atoms with Crippen molar-refractivity contribution in [2.24, 2.45) is 0 Å². The number of hydrogen-bond acceptors (Lipinski definition) is 7. The Bertz CT molecular complexity index is 1120. The molecule has 4 rings (SSSR count). The Morgan fingerprint density at radius 3 is 2.71 bits per heavy atom. The average Bonchev–Trinajstić information content (AvgIpc) is 3.34. The molecule has 0 aliphatic rings. The van der Waals surface area contributed by atoms with Gasteiger partial charge in [0.15, 0.2) is 17.1 Å². The maximum absolute atomic E-state index is 12.2. The fourth-order valence-electron chi connectivity index (χ4n) is 2.77. The zero-order chi connectivity index (χ0) is 19.5. The average molecular weight is 395 g/mol. The lowest BCUT2D eigenvalue weighted by Crippen LogP contribution is -2.14. The first-order valence-corrected chi connectivity index (χ1v) is 9.72. The van der Waals surface area contributed by atoms with Crippen LogP contribution in [0, 0.1) is 0 Å². The summed E-state index contributed by atoms with van der Waals surface area (Å²) in [5.74, 6) is 0.959. The number of ether oxygens (including phenoxy) is 1. The molecule has 2 heterocycles. The van der Waals surface area contributed by atoms with Gasteiger partial charge in [-0.15, -0.1) is 16.9 Å². The van der Waals surface area contributed by atoms with Crippen molar-refractivity contribution in [2.75, 3.05) is 18.7 Å². The summed E-state index contributed by atoms with van der Waals surface area (Å²) in [5.41, 5.74) is 1.50. The molecule has 2 aromatic heterocycles. The van der Waals surface area contributed by atoms with Gasteiger partial charge in [-0.3, -0.25) is 10.1 Å². The van der Waals surface area contributed by atoms with Crippen LogP contribution >= 0.6 is 11.8 Å². The summed E-state index contributed by atoms with van der Waals surface area (Å²) in [5, 5.41) is 11.3. The number of nitrogens with zero attached hydrogens (tertiary/aromatic N) is 2. The lowest BCUT2D eigenvalue weighted by atomic mass is 10.1. The Kier molecular flexibility index (Phi) is 5.03. The van der Waals surface area contributed by atoms with Crippen molar-refractivity contribution in [1.82, 2.24) is 10.2 Å². The predicted octanol–water partition coefficient (Wildman–Crippen LogP) is 4.39. The molecule has 0 spiro atoms. The molecule has 0 unspecified atom stereocenters. The van der Waals surface area contributed by atoms with Gasteiger partial charge < -0.3 is 13.6 Å². The summed E-state index contributed by atoms with van der Waals surface area (Å²) >= 11 is 1.65. The van der Waals surface area contributed by atoms with Gasteiger partial charge in [-0.25, -0.2) is 0 Å². The van der Waals surface area contributed by atoms with Gasteiger partial charge in [-0.2, -0.15) is 0 Å². The zero-order valence-corrected chi connectivity index (χ0v) is 16.1. The molecule has 0 aliphatic carbocycles. The molecular weight excluding hydrogens is 378 g/mol. The number of rotatable bonds is 6. The van der Waals surface area contributed by atoms with Crippen molar-refractivity contribution >= 4 is 34.7 Å². The Balaban J connectivity index is 1.47. The van der Waals surface area contributed by atoms with E-state index in [-0.39, 0.29) is 24.2 Å². The lowest BCUT2D eigenvalue weighted by molar-refractivity contribution is -0.115. The molecule has 0 aliphatic heterocycles. The number of carbonyl (C=O) groups excluding carboxylic acids is 1. The summed E-state index contributed by atoms with van der Waals surface area (Å²) in [6.45, 7) is 0. The van der Waals surface area contributed by atoms with Gasteiger partial charge in [0.05, 0.1) is 13.5 Å². The topological polar surface area (TPSA) is 90.4 Å². The third kappa shape index (κ3) is 3.72. The quantitative estimate of drug-likeness (QED) is 0.484. The second-order valence-corrected chi connectivity index (χ2v) is 6.85. The number of nitrogens with one attached hydrogen (secondary N) is 1. The highest BCUT2D eigenvalue weighted by molar-refractivity contribution is 7.98. The minimum atomic E-state index is -0.238. The third-order valence-electron chi connectivity index (χ3n) is 4.13. The van der Waals surface area contributed by atoms with E-state index in [9.17, 15) is 4.79 Å². The molecule has 28 heavy (non-hydrogen) atoms. The smallest absolute Gasteiger partial charge is 0.322 e. The minimum Gasteiger partial charge on any atom is -0.493 e. The number of aromatic nitrogens is 2. The number of anilines is 1. The molecule has 0 saturated heterocycles. The van der Waals surface area contributed by atoms with Crippen LogP contribution < -0.4 is 10.1 Å². The third-order valence-corrected chi connectivity index (χ3v) is 4.88. The lowest BCUT2D eigenvalue weighted by Gasteiger charge is -2.02. The maximum Gasteiger partial charge on any atom is 0.322 e. The summed E-state index contributed by atoms with van der Waals surface area (Å²) in [6.07, 6.45) is 2.22. The highest BCUT2D eigenvalue weighted by Crippen LogP contribution is 2.33. The molecule has 8 heteroatoms. The molecule has 0 radical (unpaired) electrons. The SMILES string of the molecule is COc1cccc2cc(-c3nnc(NC(=O)Cc4ccc(SC)cc4)o3)oc12. The number of fused-ring (bicyclic) bond motifs is 1. The number of thioether (sulfide) groups is 1. The summed E-state index contributed by atoms with van der Waals surface area (Å²) < 4.78 is 16.6. The van der Waals surface area contributed by atoms with E-state index < -0.39 is 0 Å². The van der Waals surface area contributed by atoms with E-state index >= 15 is 0 Å². The summed E-state index contributed by atoms with van der Waals surface area (Å²) in [6, 6.07) is 15.2. The van der Waals surface area contributed by atoms with Crippen molar-refractivity contribution in [3.8, 4) is 17.4 Å². The van der Waals surface area contributed by atoms with Crippen LogP contribution in [0.5, 0.6) is 5.75 Å². The van der Waals surface area contributed by atoms with Gasteiger partial charge >= 0.3 is 6.01 Å². The molecular formula is C20H17N3O4S. The van der Waals surface area contributed by atoms with Crippen LogP contribution in [0.2, 0.25) is 0 Å². The van der Waals surface area contributed by atoms with Gasteiger partial charge in [0.2, 0.25) is 5.91 Å². The van der Waals surface area contributed by atoms with E-state index in [0.717, 1.165) is 15.8 Å². The number of amides is 1. The first kappa shape index (κ1) is 18.1. The number of para-hydroxylation sites is 1. The second kappa shape index (κ2) is 7.77. The Labute approximate surface area is 165 Å². The standard InChI is InChI=1S/C20H17N3O4S/c1-25-15-5-3-4-13-11-16(26-18(13)15)19-22-23-20(27-19)21-17(24)10-12-6-8-14(28-2)9-7-12/h3-9,11H,10H2,1-2H3,(H,21,23,24). The maximum atomic E-state index is 12.2. The van der Waals surface area contributed by atoms with Gasteiger partial charge in [0, 0.05) is 10.3 Å². The van der Waals surface area contributed by atoms with Crippen LogP contribution in [0.1, 0.15) is 5.56 Å². The number of furan rings is 1. The van der Waals surface area contributed by atoms with E-state index in [1.54, 1.807) is 31.0 Å². The first-order valence-electron chi connectivity index (χ1n) is 8.49. The van der Waals surface area contributed by atoms with Crippen LogP contribution in [-0.2, 0) is 11.2 Å². The molecule has 2 aromatic carbocycles. The molecule has 0 bridgehead atoms. The number of benzene rings is 2. The monoisotopic (exact) mass is 395 g/mol. The number of methoxy groups -OCH3 is 1. The largest absolute Gasteiger partial charge is 0.493 e. The van der Waals surface area contributed by atoms with Crippen LogP contribution in [-0.4, -0.2) is 29.5 Å². The van der Waals surface area contributed by atoms with E-state index in [1.165, 1.54) is 0 Å². The fraction of sp³-hybridized carbons (Fsp3) is 0.150. The van der Waals surface area contributed by atoms with Crippen molar-refractivity contribution in [3.05, 3.63) is 54.1 Å². The van der Waals surface area contributed by atoms with Crippen LogP contribution in [0.15, 0.2) is 62.3 Å². The van der Waals surface area contributed by atoms with E-state index in [1.807, 2.05) is 42.7 Å². The highest BCUT2D eigenvalue weighted by Gasteiger charge is 2.17. The van der Waals surface area contributed by atoms with Crippen molar-refractivity contribution in [3.63, 3.8) is 0 Å². The van der Waals surface area contributed by atoms with Gasteiger partial charge in [-0.1, -0.05) is 29.4 Å². The summed E-state index contributed by atoms with van der Waals surface area (Å²) in [7, 11) is 1.58. The minimum absolute atomic E-state index is 0.0214. The zero-order valence-electron chi connectivity index (χ0n) is 15.3. The predicted molar refractivity (Wildman–Crippen MR) is 107 cm³/mol. The van der Waals surface area contributed by atoms with Gasteiger partial charge in [0.25, 0.3) is 5.89 Å². The fourth-order valence-corrected chi connectivity index (χ4v) is 3.18. The molecule has 4 aromatic rings. The number of hydrogen-bond donors (Lipinski definition) is 1. The van der Waals surface area contributed by atoms with E-state index in [2.05, 4.69) is 15.5 Å². The van der Waals surface area contributed by atoms with E-state index in [4.69, 9.17) is 13.6 Å². The van der Waals surface area contributed by atoms with Crippen LogP contribution in [0.4, 0.5) is 6.01 Å². The Morgan fingerprint density at radius 1 is 1.14 bits per heavy atom. The van der Waals surface area contributed by atoms with Crippen LogP contribution in [0.3, 0.4) is 0 Å². The van der Waals surface area contributed by atoms with Crippen molar-refractivity contribution in [1.29, 1.82) is 0 Å².